The number of nitrogens with two attached hydrogens (primary N) is 1. The number of thioether (sulfide) groups is 1. The maximum absolute atomic E-state index is 12.2. The highest BCUT2D eigenvalue weighted by Crippen LogP contribution is 2.28. The van der Waals surface area contributed by atoms with Crippen LogP contribution in [0.3, 0.4) is 0 Å². The van der Waals surface area contributed by atoms with Gasteiger partial charge < -0.3 is 14.9 Å². The fraction of sp³-hybridized carbons (Fsp3) is 0.353. The fourth-order valence-electron chi connectivity index (χ4n) is 2.26. The highest BCUT2D eigenvalue weighted by molar-refractivity contribution is 7.99. The molecular weight excluding hydrogens is 372 g/mol. The lowest BCUT2D eigenvalue weighted by Gasteiger charge is -2.05. The number of rotatable bonds is 8. The summed E-state index contributed by atoms with van der Waals surface area (Å²) >= 11 is 1.40. The topological polar surface area (TPSA) is 137 Å². The molecule has 2 heterocycles. The lowest BCUT2D eigenvalue weighted by Crippen LogP contribution is -2.20. The lowest BCUT2D eigenvalue weighted by atomic mass is 10.1. The molecule has 2 rings (SSSR count). The average molecular weight is 392 g/mol. The number of aromatic nitrogens is 2. The van der Waals surface area contributed by atoms with E-state index in [0.717, 1.165) is 10.7 Å². The summed E-state index contributed by atoms with van der Waals surface area (Å²) < 4.78 is 10.3. The van der Waals surface area contributed by atoms with Gasteiger partial charge in [-0.3, -0.25) is 14.9 Å². The van der Waals surface area contributed by atoms with Gasteiger partial charge in [-0.15, -0.1) is 11.8 Å². The SMILES string of the molecule is CCOC(=O)c1c(C)oc(NC(=O)CCSc2cc(C)ncn2)c1C(N)=O. The van der Waals surface area contributed by atoms with Gasteiger partial charge in [0.1, 0.15) is 23.2 Å². The van der Waals surface area contributed by atoms with Crippen molar-refractivity contribution < 1.29 is 23.5 Å². The van der Waals surface area contributed by atoms with Crippen LogP contribution in [-0.4, -0.2) is 40.1 Å². The van der Waals surface area contributed by atoms with Crippen molar-refractivity contribution in [2.24, 2.45) is 5.73 Å². The number of amides is 2. The Bertz CT molecular complexity index is 865. The molecule has 0 bridgehead atoms. The van der Waals surface area contributed by atoms with E-state index in [-0.39, 0.29) is 41.7 Å². The molecule has 2 amide bonds. The maximum Gasteiger partial charge on any atom is 0.342 e. The minimum atomic E-state index is -0.893. The summed E-state index contributed by atoms with van der Waals surface area (Å²) in [5, 5.41) is 3.24. The number of ether oxygens (including phenoxy) is 1. The van der Waals surface area contributed by atoms with E-state index < -0.39 is 11.9 Å². The van der Waals surface area contributed by atoms with Crippen molar-refractivity contribution in [1.29, 1.82) is 0 Å². The number of nitrogens with one attached hydrogen (secondary N) is 1. The van der Waals surface area contributed by atoms with Crippen molar-refractivity contribution in [3.05, 3.63) is 35.0 Å². The van der Waals surface area contributed by atoms with Gasteiger partial charge in [-0.25, -0.2) is 14.8 Å². The molecule has 0 radical (unpaired) electrons. The van der Waals surface area contributed by atoms with Crippen LogP contribution in [0.2, 0.25) is 0 Å². The highest BCUT2D eigenvalue weighted by atomic mass is 32.2. The van der Waals surface area contributed by atoms with Crippen molar-refractivity contribution in [3.63, 3.8) is 0 Å². The van der Waals surface area contributed by atoms with E-state index in [1.807, 2.05) is 13.0 Å². The van der Waals surface area contributed by atoms with Gasteiger partial charge in [-0.05, 0) is 26.8 Å². The summed E-state index contributed by atoms with van der Waals surface area (Å²) in [4.78, 5) is 44.1. The molecule has 0 aliphatic carbocycles. The van der Waals surface area contributed by atoms with Gasteiger partial charge in [0.15, 0.2) is 0 Å². The predicted octanol–water partition coefficient (Wildman–Crippen LogP) is 2.08. The molecule has 0 aliphatic rings. The Balaban J connectivity index is 2.05. The van der Waals surface area contributed by atoms with E-state index in [1.54, 1.807) is 6.92 Å². The molecule has 0 fully saturated rings. The quantitative estimate of drug-likeness (QED) is 0.396. The van der Waals surface area contributed by atoms with Gasteiger partial charge in [-0.2, -0.15) is 0 Å². The largest absolute Gasteiger partial charge is 0.462 e. The smallest absolute Gasteiger partial charge is 0.342 e. The zero-order chi connectivity index (χ0) is 20.0. The highest BCUT2D eigenvalue weighted by Gasteiger charge is 2.29. The van der Waals surface area contributed by atoms with Crippen molar-refractivity contribution in [3.8, 4) is 0 Å². The second-order valence-corrected chi connectivity index (χ2v) is 6.58. The zero-order valence-corrected chi connectivity index (χ0v) is 16.0. The Morgan fingerprint density at radius 3 is 2.63 bits per heavy atom. The Morgan fingerprint density at radius 1 is 1.26 bits per heavy atom. The van der Waals surface area contributed by atoms with E-state index in [4.69, 9.17) is 14.9 Å². The lowest BCUT2D eigenvalue weighted by molar-refractivity contribution is -0.115. The maximum atomic E-state index is 12.2. The fourth-order valence-corrected chi connectivity index (χ4v) is 3.14. The Morgan fingerprint density at radius 2 is 2.00 bits per heavy atom. The molecule has 0 aliphatic heterocycles. The van der Waals surface area contributed by atoms with E-state index in [2.05, 4.69) is 15.3 Å². The van der Waals surface area contributed by atoms with Crippen molar-refractivity contribution >= 4 is 35.4 Å². The molecule has 0 unspecified atom stereocenters. The van der Waals surface area contributed by atoms with Crippen LogP contribution in [0.5, 0.6) is 0 Å². The molecular formula is C17H20N4O5S. The van der Waals surface area contributed by atoms with Crippen LogP contribution in [0.15, 0.2) is 21.8 Å². The van der Waals surface area contributed by atoms with Gasteiger partial charge in [0.05, 0.1) is 11.6 Å². The number of carbonyl (C=O) groups excluding carboxylic acids is 3. The third-order valence-corrected chi connectivity index (χ3v) is 4.35. The van der Waals surface area contributed by atoms with E-state index in [1.165, 1.54) is 25.0 Å². The number of aryl methyl sites for hydroxylation is 2. The van der Waals surface area contributed by atoms with E-state index in [9.17, 15) is 14.4 Å². The van der Waals surface area contributed by atoms with Crippen LogP contribution in [0.1, 0.15) is 45.5 Å². The first-order valence-electron chi connectivity index (χ1n) is 8.15. The van der Waals surface area contributed by atoms with Crippen molar-refractivity contribution in [2.45, 2.75) is 32.2 Å². The third kappa shape index (κ3) is 5.30. The molecule has 27 heavy (non-hydrogen) atoms. The van der Waals surface area contributed by atoms with Gasteiger partial charge in [0.25, 0.3) is 5.91 Å². The van der Waals surface area contributed by atoms with Crippen LogP contribution in [0.25, 0.3) is 0 Å². The molecule has 2 aromatic rings. The van der Waals surface area contributed by atoms with Gasteiger partial charge >= 0.3 is 5.97 Å². The summed E-state index contributed by atoms with van der Waals surface area (Å²) in [7, 11) is 0. The standard InChI is InChI=1S/C17H20N4O5S/c1-4-25-17(24)13-10(3)26-16(14(13)15(18)23)21-11(22)5-6-27-12-7-9(2)19-8-20-12/h7-8H,4-6H2,1-3H3,(H2,18,23)(H,21,22). The van der Waals surface area contributed by atoms with Crippen LogP contribution >= 0.6 is 11.8 Å². The Labute approximate surface area is 160 Å². The second-order valence-electron chi connectivity index (χ2n) is 5.47. The summed E-state index contributed by atoms with van der Waals surface area (Å²) in [6.07, 6.45) is 1.60. The van der Waals surface area contributed by atoms with Crippen LogP contribution in [-0.2, 0) is 9.53 Å². The molecule has 0 saturated carbocycles. The molecule has 0 atom stereocenters. The monoisotopic (exact) mass is 392 g/mol. The number of anilines is 1. The molecule has 2 aromatic heterocycles. The zero-order valence-electron chi connectivity index (χ0n) is 15.2. The summed E-state index contributed by atoms with van der Waals surface area (Å²) in [6.45, 7) is 5.10. The molecule has 10 heteroatoms. The summed E-state index contributed by atoms with van der Waals surface area (Å²) in [5.41, 5.74) is 5.91. The number of hydrogen-bond donors (Lipinski definition) is 2. The third-order valence-electron chi connectivity index (χ3n) is 3.42. The number of carbonyl (C=O) groups is 3. The van der Waals surface area contributed by atoms with Gasteiger partial charge in [0, 0.05) is 17.9 Å². The molecule has 0 aromatic carbocycles. The van der Waals surface area contributed by atoms with Crippen LogP contribution in [0, 0.1) is 13.8 Å². The van der Waals surface area contributed by atoms with Gasteiger partial charge in [0.2, 0.25) is 11.8 Å². The second kappa shape index (κ2) is 9.17. The van der Waals surface area contributed by atoms with Crippen LogP contribution < -0.4 is 11.1 Å². The molecule has 0 spiro atoms. The molecule has 144 valence electrons. The van der Waals surface area contributed by atoms with Crippen molar-refractivity contribution in [1.82, 2.24) is 9.97 Å². The first-order chi connectivity index (χ1) is 12.8. The summed E-state index contributed by atoms with van der Waals surface area (Å²) in [5.74, 6) is -1.57. The van der Waals surface area contributed by atoms with E-state index in [0.29, 0.717) is 5.75 Å². The number of esters is 1. The first kappa shape index (κ1) is 20.4. The number of nitrogens with zero attached hydrogens (tertiary/aromatic N) is 2. The minimum absolute atomic E-state index is 0.0783. The Hall–Kier alpha value is -2.88. The van der Waals surface area contributed by atoms with Crippen molar-refractivity contribution in [2.75, 3.05) is 17.7 Å². The summed E-state index contributed by atoms with van der Waals surface area (Å²) in [6, 6.07) is 1.81. The van der Waals surface area contributed by atoms with Gasteiger partial charge in [-0.1, -0.05) is 0 Å². The molecule has 0 saturated heterocycles. The van der Waals surface area contributed by atoms with E-state index >= 15 is 0 Å². The normalized spacial score (nSPS) is 10.5. The molecule has 3 N–H and O–H groups in total. The predicted molar refractivity (Wildman–Crippen MR) is 98.7 cm³/mol. The number of furan rings is 1. The van der Waals surface area contributed by atoms with Crippen LogP contribution in [0.4, 0.5) is 5.88 Å². The Kier molecular flexibility index (Phi) is 6.94. The first-order valence-corrected chi connectivity index (χ1v) is 9.13. The number of hydrogen-bond acceptors (Lipinski definition) is 8. The number of primary amides is 1. The average Bonchev–Trinajstić information content (AvgIpc) is 2.91. The minimum Gasteiger partial charge on any atom is -0.462 e. The molecule has 9 nitrogen and oxygen atoms in total.